The monoisotopic (exact) mass is 290 g/mol. The number of anilines is 1. The van der Waals surface area contributed by atoms with E-state index in [0.717, 1.165) is 18.2 Å². The number of benzene rings is 1. The maximum absolute atomic E-state index is 13.6. The van der Waals surface area contributed by atoms with Crippen molar-refractivity contribution in [1.82, 2.24) is 9.97 Å². The number of aromatic nitrogens is 2. The van der Waals surface area contributed by atoms with Gasteiger partial charge in [0.1, 0.15) is 5.82 Å². The van der Waals surface area contributed by atoms with Gasteiger partial charge in [-0.05, 0) is 26.0 Å². The molecule has 0 bridgehead atoms. The Balaban J connectivity index is 2.31. The molecule has 21 heavy (non-hydrogen) atoms. The molecular formula is C13H11FN4O3. The van der Waals surface area contributed by atoms with E-state index in [2.05, 4.69) is 15.3 Å². The van der Waals surface area contributed by atoms with E-state index in [9.17, 15) is 19.3 Å². The highest BCUT2D eigenvalue weighted by Crippen LogP contribution is 2.17. The minimum Gasteiger partial charge on any atom is -0.290 e. The molecule has 0 radical (unpaired) electrons. The zero-order valence-corrected chi connectivity index (χ0v) is 11.3. The van der Waals surface area contributed by atoms with Crippen molar-refractivity contribution in [2.24, 2.45) is 0 Å². The number of non-ortho nitro benzene ring substituents is 1. The van der Waals surface area contributed by atoms with Crippen LogP contribution in [0.1, 0.15) is 21.7 Å². The predicted molar refractivity (Wildman–Crippen MR) is 72.5 cm³/mol. The number of nitro benzene ring substituents is 1. The highest BCUT2D eigenvalue weighted by Gasteiger charge is 2.18. The lowest BCUT2D eigenvalue weighted by Crippen LogP contribution is -2.16. The summed E-state index contributed by atoms with van der Waals surface area (Å²) >= 11 is 0. The second-order valence-corrected chi connectivity index (χ2v) is 4.35. The molecule has 0 atom stereocenters. The zero-order valence-electron chi connectivity index (χ0n) is 11.3. The summed E-state index contributed by atoms with van der Waals surface area (Å²) in [6.07, 6.45) is 0. The van der Waals surface area contributed by atoms with Crippen molar-refractivity contribution in [3.8, 4) is 0 Å². The zero-order chi connectivity index (χ0) is 15.6. The standard InChI is InChI=1S/C13H11FN4O3/c1-7-5-8(2)16-13(15-7)17-12(19)10-6-9(18(20)21)3-4-11(10)14/h3-6H,1-2H3,(H,15,16,17,19). The van der Waals surface area contributed by atoms with E-state index in [1.807, 2.05) is 0 Å². The number of carbonyl (C=O) groups is 1. The molecule has 1 aromatic heterocycles. The molecule has 1 amide bonds. The summed E-state index contributed by atoms with van der Waals surface area (Å²) in [6, 6.07) is 4.44. The fourth-order valence-electron chi connectivity index (χ4n) is 1.75. The van der Waals surface area contributed by atoms with Gasteiger partial charge in [-0.15, -0.1) is 0 Å². The quantitative estimate of drug-likeness (QED) is 0.691. The van der Waals surface area contributed by atoms with E-state index in [1.165, 1.54) is 0 Å². The van der Waals surface area contributed by atoms with E-state index < -0.39 is 22.2 Å². The SMILES string of the molecule is Cc1cc(C)nc(NC(=O)c2cc([N+](=O)[O-])ccc2F)n1. The lowest BCUT2D eigenvalue weighted by molar-refractivity contribution is -0.384. The van der Waals surface area contributed by atoms with Crippen LogP contribution in [0.3, 0.4) is 0 Å². The second-order valence-electron chi connectivity index (χ2n) is 4.35. The second kappa shape index (κ2) is 5.61. The number of aryl methyl sites for hydroxylation is 2. The number of nitro groups is 1. The van der Waals surface area contributed by atoms with Crippen LogP contribution < -0.4 is 5.32 Å². The van der Waals surface area contributed by atoms with Crippen molar-refractivity contribution in [3.63, 3.8) is 0 Å². The molecular weight excluding hydrogens is 279 g/mol. The van der Waals surface area contributed by atoms with E-state index in [0.29, 0.717) is 11.4 Å². The van der Waals surface area contributed by atoms with Crippen molar-refractivity contribution in [2.75, 3.05) is 5.32 Å². The average molecular weight is 290 g/mol. The molecule has 2 aromatic rings. The normalized spacial score (nSPS) is 10.2. The molecule has 2 rings (SSSR count). The van der Waals surface area contributed by atoms with Crippen LogP contribution in [0, 0.1) is 29.8 Å². The molecule has 0 aliphatic rings. The maximum atomic E-state index is 13.6. The Morgan fingerprint density at radius 1 is 1.24 bits per heavy atom. The van der Waals surface area contributed by atoms with E-state index in [4.69, 9.17) is 0 Å². The molecule has 0 saturated heterocycles. The van der Waals surface area contributed by atoms with Crippen molar-refractivity contribution in [3.05, 3.63) is 57.1 Å². The van der Waals surface area contributed by atoms with Gasteiger partial charge in [0.05, 0.1) is 10.5 Å². The number of hydrogen-bond acceptors (Lipinski definition) is 5. The van der Waals surface area contributed by atoms with E-state index in [1.54, 1.807) is 19.9 Å². The van der Waals surface area contributed by atoms with Crippen LogP contribution in [0.2, 0.25) is 0 Å². The van der Waals surface area contributed by atoms with Gasteiger partial charge in [-0.1, -0.05) is 0 Å². The largest absolute Gasteiger partial charge is 0.290 e. The minimum absolute atomic E-state index is 0.0170. The van der Waals surface area contributed by atoms with E-state index >= 15 is 0 Å². The summed E-state index contributed by atoms with van der Waals surface area (Å²) in [6.45, 7) is 3.44. The Hall–Kier alpha value is -2.90. The Morgan fingerprint density at radius 3 is 2.43 bits per heavy atom. The minimum atomic E-state index is -0.859. The molecule has 7 nitrogen and oxygen atoms in total. The number of nitrogens with one attached hydrogen (secondary N) is 1. The van der Waals surface area contributed by atoms with Gasteiger partial charge in [0, 0.05) is 23.5 Å². The van der Waals surface area contributed by atoms with Gasteiger partial charge in [0.15, 0.2) is 0 Å². The van der Waals surface area contributed by atoms with Crippen LogP contribution in [0.5, 0.6) is 0 Å². The predicted octanol–water partition coefficient (Wildman–Crippen LogP) is 2.39. The van der Waals surface area contributed by atoms with Gasteiger partial charge in [0.2, 0.25) is 5.95 Å². The van der Waals surface area contributed by atoms with Gasteiger partial charge >= 0.3 is 0 Å². The topological polar surface area (TPSA) is 98.0 Å². The number of carbonyl (C=O) groups excluding carboxylic acids is 1. The molecule has 1 heterocycles. The molecule has 0 spiro atoms. The number of halogens is 1. The first-order chi connectivity index (χ1) is 9.86. The summed E-state index contributed by atoms with van der Waals surface area (Å²) in [4.78, 5) is 29.9. The van der Waals surface area contributed by atoms with E-state index in [-0.39, 0.29) is 11.6 Å². The third-order valence-electron chi connectivity index (χ3n) is 2.61. The number of rotatable bonds is 3. The summed E-state index contributed by atoms with van der Waals surface area (Å²) in [7, 11) is 0. The Morgan fingerprint density at radius 2 is 1.86 bits per heavy atom. The average Bonchev–Trinajstić information content (AvgIpc) is 2.37. The molecule has 1 aromatic carbocycles. The fourth-order valence-corrected chi connectivity index (χ4v) is 1.75. The lowest BCUT2D eigenvalue weighted by Gasteiger charge is -2.06. The lowest BCUT2D eigenvalue weighted by atomic mass is 10.2. The van der Waals surface area contributed by atoms with Crippen molar-refractivity contribution >= 4 is 17.5 Å². The summed E-state index contributed by atoms with van der Waals surface area (Å²) < 4.78 is 13.6. The van der Waals surface area contributed by atoms with Crippen LogP contribution in [0.25, 0.3) is 0 Å². The van der Waals surface area contributed by atoms with Crippen LogP contribution in [-0.4, -0.2) is 20.8 Å². The van der Waals surface area contributed by atoms with Crippen molar-refractivity contribution in [2.45, 2.75) is 13.8 Å². The Labute approximate surface area is 119 Å². The molecule has 0 aliphatic heterocycles. The third kappa shape index (κ3) is 3.35. The molecule has 1 N–H and O–H groups in total. The van der Waals surface area contributed by atoms with Crippen LogP contribution in [-0.2, 0) is 0 Å². The van der Waals surface area contributed by atoms with Gasteiger partial charge in [0.25, 0.3) is 11.6 Å². The van der Waals surface area contributed by atoms with Gasteiger partial charge in [-0.3, -0.25) is 20.2 Å². The fraction of sp³-hybridized carbons (Fsp3) is 0.154. The molecule has 108 valence electrons. The molecule has 0 fully saturated rings. The molecule has 0 aliphatic carbocycles. The molecule has 0 saturated carbocycles. The van der Waals surface area contributed by atoms with Crippen molar-refractivity contribution in [1.29, 1.82) is 0 Å². The van der Waals surface area contributed by atoms with Crippen LogP contribution in [0.15, 0.2) is 24.3 Å². The van der Waals surface area contributed by atoms with Crippen molar-refractivity contribution < 1.29 is 14.1 Å². The van der Waals surface area contributed by atoms with Gasteiger partial charge in [-0.2, -0.15) is 0 Å². The first kappa shape index (κ1) is 14.5. The smallest absolute Gasteiger partial charge is 0.270 e. The summed E-state index contributed by atoms with van der Waals surface area (Å²) in [5, 5.41) is 13.0. The number of amides is 1. The van der Waals surface area contributed by atoms with Crippen LogP contribution in [0.4, 0.5) is 16.0 Å². The number of hydrogen-bond donors (Lipinski definition) is 1. The Kier molecular flexibility index (Phi) is 3.88. The third-order valence-corrected chi connectivity index (χ3v) is 2.61. The maximum Gasteiger partial charge on any atom is 0.270 e. The van der Waals surface area contributed by atoms with Gasteiger partial charge in [-0.25, -0.2) is 14.4 Å². The first-order valence-corrected chi connectivity index (χ1v) is 5.94. The van der Waals surface area contributed by atoms with Gasteiger partial charge < -0.3 is 0 Å². The number of nitrogens with zero attached hydrogens (tertiary/aromatic N) is 3. The molecule has 8 heteroatoms. The Bertz CT molecular complexity index is 713. The van der Waals surface area contributed by atoms with Crippen LogP contribution >= 0.6 is 0 Å². The summed E-state index contributed by atoms with van der Waals surface area (Å²) in [5.41, 5.74) is 0.462. The highest BCUT2D eigenvalue weighted by atomic mass is 19.1. The summed E-state index contributed by atoms with van der Waals surface area (Å²) in [5.74, 6) is -1.69. The highest BCUT2D eigenvalue weighted by molar-refractivity contribution is 6.03. The molecule has 0 unspecified atom stereocenters. The first-order valence-electron chi connectivity index (χ1n) is 5.94.